The number of aliphatic hydroxyl groups is 1. The summed E-state index contributed by atoms with van der Waals surface area (Å²) in [6.07, 6.45) is -0.132. The number of amides is 1. The zero-order valence-electron chi connectivity index (χ0n) is 9.18. The molecule has 0 bridgehead atoms. The predicted octanol–water partition coefficient (Wildman–Crippen LogP) is 1.80. The second-order valence-corrected chi connectivity index (χ2v) is 4.71. The first kappa shape index (κ1) is 11.4. The number of β-amino-alcohol motifs (C(OH)–C–C–N with tert-alkyl or cyclic N) is 1. The number of hydrogen-bond acceptors (Lipinski definition) is 4. The molecule has 1 atom stereocenters. The molecule has 4 nitrogen and oxygen atoms in total. The zero-order valence-corrected chi connectivity index (χ0v) is 10.00. The van der Waals surface area contributed by atoms with Crippen molar-refractivity contribution >= 4 is 17.4 Å². The largest absolute Gasteiger partial charge is 0.450 e. The minimum Gasteiger partial charge on any atom is -0.450 e. The Bertz CT molecular complexity index is 377. The van der Waals surface area contributed by atoms with Gasteiger partial charge in [-0.05, 0) is 30.4 Å². The fraction of sp³-hybridized carbons (Fsp3) is 0.545. The molecule has 5 heteroatoms. The average Bonchev–Trinajstić information content (AvgIpc) is 2.66. The highest BCUT2D eigenvalue weighted by Gasteiger charge is 2.25. The third kappa shape index (κ3) is 2.20. The molecule has 0 spiro atoms. The summed E-state index contributed by atoms with van der Waals surface area (Å²) in [4.78, 5) is 14.3. The molecule has 1 aliphatic rings. The van der Waals surface area contributed by atoms with Crippen LogP contribution in [0, 0.1) is 0 Å². The van der Waals surface area contributed by atoms with Gasteiger partial charge in [0.15, 0.2) is 0 Å². The lowest BCUT2D eigenvalue weighted by Crippen LogP contribution is -2.35. The zero-order chi connectivity index (χ0) is 11.5. The summed E-state index contributed by atoms with van der Waals surface area (Å²) >= 11 is 1.63. The van der Waals surface area contributed by atoms with E-state index in [1.807, 2.05) is 11.4 Å². The summed E-state index contributed by atoms with van der Waals surface area (Å²) in [5.74, 6) is 0. The van der Waals surface area contributed by atoms with E-state index in [0.717, 1.165) is 12.0 Å². The van der Waals surface area contributed by atoms with Gasteiger partial charge in [-0.25, -0.2) is 4.79 Å². The monoisotopic (exact) mass is 241 g/mol. The Morgan fingerprint density at radius 1 is 1.75 bits per heavy atom. The Morgan fingerprint density at radius 3 is 3.31 bits per heavy atom. The van der Waals surface area contributed by atoms with Crippen LogP contribution in [0.15, 0.2) is 11.4 Å². The van der Waals surface area contributed by atoms with Crippen molar-refractivity contribution in [1.82, 2.24) is 4.90 Å². The van der Waals surface area contributed by atoms with E-state index in [2.05, 4.69) is 0 Å². The van der Waals surface area contributed by atoms with Gasteiger partial charge in [0.25, 0.3) is 0 Å². The van der Waals surface area contributed by atoms with Crippen LogP contribution in [-0.4, -0.2) is 35.8 Å². The second kappa shape index (κ2) is 4.84. The molecule has 1 amide bonds. The lowest BCUT2D eigenvalue weighted by Gasteiger charge is -2.21. The van der Waals surface area contributed by atoms with E-state index in [4.69, 9.17) is 4.74 Å². The normalized spacial score (nSPS) is 20.1. The van der Waals surface area contributed by atoms with Crippen LogP contribution in [0.25, 0.3) is 0 Å². The lowest BCUT2D eigenvalue weighted by atomic mass is 10.1. The summed E-state index contributed by atoms with van der Waals surface area (Å²) in [5.41, 5.74) is 0.955. The molecular formula is C11H15NO3S. The molecule has 1 aromatic rings. The summed E-state index contributed by atoms with van der Waals surface area (Å²) < 4.78 is 4.94. The van der Waals surface area contributed by atoms with Crippen LogP contribution in [0.2, 0.25) is 0 Å². The Morgan fingerprint density at radius 2 is 2.56 bits per heavy atom. The van der Waals surface area contributed by atoms with Crippen molar-refractivity contribution in [3.05, 3.63) is 21.9 Å². The SMILES string of the molecule is CCOC(=O)N1CCc2sccc2[C@H](O)C1. The maximum Gasteiger partial charge on any atom is 0.409 e. The van der Waals surface area contributed by atoms with Gasteiger partial charge < -0.3 is 14.7 Å². The first-order valence-corrected chi connectivity index (χ1v) is 6.26. The van der Waals surface area contributed by atoms with Crippen LogP contribution in [0.5, 0.6) is 0 Å². The second-order valence-electron chi connectivity index (χ2n) is 3.71. The van der Waals surface area contributed by atoms with Crippen molar-refractivity contribution < 1.29 is 14.6 Å². The molecule has 0 aliphatic carbocycles. The highest BCUT2D eigenvalue weighted by Crippen LogP contribution is 2.28. The number of rotatable bonds is 1. The van der Waals surface area contributed by atoms with Gasteiger partial charge in [0.1, 0.15) is 0 Å². The van der Waals surface area contributed by atoms with Gasteiger partial charge in [-0.3, -0.25) is 0 Å². The number of thiophene rings is 1. The maximum absolute atomic E-state index is 11.6. The van der Waals surface area contributed by atoms with E-state index >= 15 is 0 Å². The van der Waals surface area contributed by atoms with E-state index in [1.54, 1.807) is 23.2 Å². The van der Waals surface area contributed by atoms with Gasteiger partial charge >= 0.3 is 6.09 Å². The molecule has 0 saturated heterocycles. The van der Waals surface area contributed by atoms with Crippen LogP contribution < -0.4 is 0 Å². The maximum atomic E-state index is 11.6. The Labute approximate surface area is 98.4 Å². The summed E-state index contributed by atoms with van der Waals surface area (Å²) in [6.45, 7) is 3.09. The Balaban J connectivity index is 2.09. The van der Waals surface area contributed by atoms with E-state index < -0.39 is 6.10 Å². The Kier molecular flexibility index (Phi) is 3.46. The minimum absolute atomic E-state index is 0.322. The summed E-state index contributed by atoms with van der Waals surface area (Å²) in [5, 5.41) is 12.0. The van der Waals surface area contributed by atoms with Crippen molar-refractivity contribution in [1.29, 1.82) is 0 Å². The van der Waals surface area contributed by atoms with Gasteiger partial charge in [0.2, 0.25) is 0 Å². The smallest absolute Gasteiger partial charge is 0.409 e. The van der Waals surface area contributed by atoms with Crippen molar-refractivity contribution in [2.45, 2.75) is 19.4 Å². The quantitative estimate of drug-likeness (QED) is 0.815. The molecule has 1 aliphatic heterocycles. The van der Waals surface area contributed by atoms with E-state index in [9.17, 15) is 9.90 Å². The number of carbonyl (C=O) groups is 1. The minimum atomic E-state index is -0.590. The van der Waals surface area contributed by atoms with Crippen molar-refractivity contribution in [3.8, 4) is 0 Å². The molecular weight excluding hydrogens is 226 g/mol. The molecule has 1 N–H and O–H groups in total. The molecule has 2 heterocycles. The predicted molar refractivity (Wildman–Crippen MR) is 61.6 cm³/mol. The standard InChI is InChI=1S/C11H15NO3S/c1-2-15-11(14)12-5-3-10-8(4-6-16-10)9(13)7-12/h4,6,9,13H,2-3,5,7H2,1H3/t9-/m1/s1. The van der Waals surface area contributed by atoms with Crippen LogP contribution >= 0.6 is 11.3 Å². The average molecular weight is 241 g/mol. The van der Waals surface area contributed by atoms with Crippen molar-refractivity contribution in [2.24, 2.45) is 0 Å². The fourth-order valence-electron chi connectivity index (χ4n) is 1.87. The van der Waals surface area contributed by atoms with Crippen LogP contribution in [0.3, 0.4) is 0 Å². The number of aliphatic hydroxyl groups excluding tert-OH is 1. The molecule has 16 heavy (non-hydrogen) atoms. The van der Waals surface area contributed by atoms with Crippen molar-refractivity contribution in [2.75, 3.05) is 19.7 Å². The van der Waals surface area contributed by atoms with Crippen molar-refractivity contribution in [3.63, 3.8) is 0 Å². The first-order chi connectivity index (χ1) is 7.72. The van der Waals surface area contributed by atoms with E-state index in [0.29, 0.717) is 19.7 Å². The number of fused-ring (bicyclic) bond motifs is 1. The number of carbonyl (C=O) groups excluding carboxylic acids is 1. The molecule has 0 radical (unpaired) electrons. The number of ether oxygens (including phenoxy) is 1. The highest BCUT2D eigenvalue weighted by molar-refractivity contribution is 7.10. The van der Waals surface area contributed by atoms with E-state index in [-0.39, 0.29) is 6.09 Å². The molecule has 88 valence electrons. The molecule has 0 aromatic carbocycles. The number of nitrogens with zero attached hydrogens (tertiary/aromatic N) is 1. The molecule has 1 aromatic heterocycles. The fourth-order valence-corrected chi connectivity index (χ4v) is 2.79. The molecule has 2 rings (SSSR count). The molecule has 0 saturated carbocycles. The Hall–Kier alpha value is -1.07. The molecule has 0 unspecified atom stereocenters. The molecule has 0 fully saturated rings. The third-order valence-corrected chi connectivity index (χ3v) is 3.66. The van der Waals surface area contributed by atoms with Crippen LogP contribution in [0.4, 0.5) is 4.79 Å². The highest BCUT2D eigenvalue weighted by atomic mass is 32.1. The van der Waals surface area contributed by atoms with Gasteiger partial charge in [-0.15, -0.1) is 11.3 Å². The summed E-state index contributed by atoms with van der Waals surface area (Å²) in [7, 11) is 0. The first-order valence-electron chi connectivity index (χ1n) is 5.38. The van der Waals surface area contributed by atoms with Crippen LogP contribution in [-0.2, 0) is 11.2 Å². The lowest BCUT2D eigenvalue weighted by molar-refractivity contribution is 0.0797. The number of hydrogen-bond donors (Lipinski definition) is 1. The summed E-state index contributed by atoms with van der Waals surface area (Å²) in [6, 6.07) is 1.93. The van der Waals surface area contributed by atoms with Gasteiger partial charge in [-0.1, -0.05) is 0 Å². The van der Waals surface area contributed by atoms with Gasteiger partial charge in [0, 0.05) is 11.4 Å². The third-order valence-electron chi connectivity index (χ3n) is 2.67. The van der Waals surface area contributed by atoms with Gasteiger partial charge in [-0.2, -0.15) is 0 Å². The van der Waals surface area contributed by atoms with Crippen LogP contribution in [0.1, 0.15) is 23.5 Å². The van der Waals surface area contributed by atoms with E-state index in [1.165, 1.54) is 4.88 Å². The van der Waals surface area contributed by atoms with Gasteiger partial charge in [0.05, 0.1) is 19.3 Å². The topological polar surface area (TPSA) is 49.8 Å².